The Kier molecular flexibility index (Phi) is 5.30. The summed E-state index contributed by atoms with van der Waals surface area (Å²) in [6.45, 7) is 0. The van der Waals surface area contributed by atoms with Crippen molar-refractivity contribution in [1.82, 2.24) is 14.8 Å². The molecule has 0 saturated carbocycles. The average molecular weight is 406 g/mol. The summed E-state index contributed by atoms with van der Waals surface area (Å²) >= 11 is 0. The van der Waals surface area contributed by atoms with E-state index in [0.717, 1.165) is 0 Å². The quantitative estimate of drug-likeness (QED) is 0.522. The average Bonchev–Trinajstić information content (AvgIpc) is 3.14. The number of aromatic nitrogens is 3. The van der Waals surface area contributed by atoms with Gasteiger partial charge in [-0.2, -0.15) is 5.10 Å². The van der Waals surface area contributed by atoms with Gasteiger partial charge in [-0.25, -0.2) is 4.39 Å². The molecule has 0 aliphatic carbocycles. The summed E-state index contributed by atoms with van der Waals surface area (Å²) in [5.74, 6) is 0.931. The molecular weight excluding hydrogens is 387 g/mol. The van der Waals surface area contributed by atoms with Gasteiger partial charge >= 0.3 is 0 Å². The number of nitrogens with zero attached hydrogens (tertiary/aromatic N) is 3. The van der Waals surface area contributed by atoms with Crippen LogP contribution in [0.15, 0.2) is 61.1 Å². The van der Waals surface area contributed by atoms with Gasteiger partial charge in [0.15, 0.2) is 0 Å². The second-order valence-corrected chi connectivity index (χ2v) is 6.67. The molecule has 0 radical (unpaired) electrons. The Balaban J connectivity index is 1.54. The minimum atomic E-state index is -0.368. The number of pyridine rings is 1. The molecular formula is C22H19FN4O3. The van der Waals surface area contributed by atoms with Gasteiger partial charge in [0.25, 0.3) is 0 Å². The highest BCUT2D eigenvalue weighted by Gasteiger charge is 2.13. The van der Waals surface area contributed by atoms with Crippen LogP contribution < -0.4 is 14.8 Å². The second-order valence-electron chi connectivity index (χ2n) is 6.67. The molecule has 1 amide bonds. The van der Waals surface area contributed by atoms with Gasteiger partial charge in [-0.1, -0.05) is 6.07 Å². The number of halogens is 1. The van der Waals surface area contributed by atoms with Gasteiger partial charge in [-0.15, -0.1) is 0 Å². The molecule has 0 unspecified atom stereocenters. The summed E-state index contributed by atoms with van der Waals surface area (Å²) in [5.41, 5.74) is 1.96. The van der Waals surface area contributed by atoms with Crippen LogP contribution in [0, 0.1) is 5.82 Å². The molecule has 0 bridgehead atoms. The van der Waals surface area contributed by atoms with Crippen LogP contribution in [0.3, 0.4) is 0 Å². The first kappa shape index (κ1) is 19.4. The maximum Gasteiger partial charge on any atom is 0.229 e. The van der Waals surface area contributed by atoms with Gasteiger partial charge in [0.1, 0.15) is 23.1 Å². The third kappa shape index (κ3) is 4.22. The molecule has 0 aliphatic rings. The van der Waals surface area contributed by atoms with Crippen LogP contribution >= 0.6 is 0 Å². The molecule has 7 nitrogen and oxygen atoms in total. The van der Waals surface area contributed by atoms with Gasteiger partial charge in [0.05, 0.1) is 30.9 Å². The number of ether oxygens (including phenoxy) is 2. The van der Waals surface area contributed by atoms with E-state index in [4.69, 9.17) is 9.47 Å². The van der Waals surface area contributed by atoms with Crippen LogP contribution in [0.2, 0.25) is 0 Å². The molecule has 2 aromatic carbocycles. The van der Waals surface area contributed by atoms with Crippen molar-refractivity contribution < 1.29 is 18.7 Å². The van der Waals surface area contributed by atoms with E-state index in [0.29, 0.717) is 39.4 Å². The van der Waals surface area contributed by atoms with Gasteiger partial charge < -0.3 is 14.8 Å². The Morgan fingerprint density at radius 3 is 2.80 bits per heavy atom. The molecule has 4 rings (SSSR count). The summed E-state index contributed by atoms with van der Waals surface area (Å²) in [7, 11) is 3.30. The van der Waals surface area contributed by atoms with E-state index in [-0.39, 0.29) is 18.1 Å². The van der Waals surface area contributed by atoms with Crippen molar-refractivity contribution in [1.29, 1.82) is 0 Å². The van der Waals surface area contributed by atoms with Crippen LogP contribution in [0.1, 0.15) is 5.56 Å². The summed E-state index contributed by atoms with van der Waals surface area (Å²) in [6.07, 6.45) is 5.02. The fraction of sp³-hybridized carbons (Fsp3) is 0.136. The minimum absolute atomic E-state index is 0.127. The standard InChI is InChI=1S/C22H19FN4O3/c1-27-13-16(12-25-27)26-22(28)9-14-3-5-17(11-21(14)29-2)30-20-7-8-24-19-6-4-15(23)10-18(19)20/h3-8,10-13H,9H2,1-2H3,(H,26,28). The zero-order valence-corrected chi connectivity index (χ0v) is 16.4. The first-order chi connectivity index (χ1) is 14.5. The summed E-state index contributed by atoms with van der Waals surface area (Å²) in [5, 5.41) is 7.38. The van der Waals surface area contributed by atoms with Crippen molar-refractivity contribution in [2.24, 2.45) is 7.05 Å². The monoisotopic (exact) mass is 406 g/mol. The van der Waals surface area contributed by atoms with Crippen molar-refractivity contribution >= 4 is 22.5 Å². The number of aryl methyl sites for hydroxylation is 1. The molecule has 30 heavy (non-hydrogen) atoms. The van der Waals surface area contributed by atoms with Crippen LogP contribution in [0.25, 0.3) is 10.9 Å². The maximum absolute atomic E-state index is 13.7. The molecule has 2 heterocycles. The third-order valence-corrected chi connectivity index (χ3v) is 4.49. The lowest BCUT2D eigenvalue weighted by molar-refractivity contribution is -0.115. The zero-order valence-electron chi connectivity index (χ0n) is 16.4. The first-order valence-corrected chi connectivity index (χ1v) is 9.19. The van der Waals surface area contributed by atoms with E-state index >= 15 is 0 Å². The highest BCUT2D eigenvalue weighted by atomic mass is 19.1. The molecule has 1 N–H and O–H groups in total. The lowest BCUT2D eigenvalue weighted by atomic mass is 10.1. The molecule has 0 fully saturated rings. The number of carbonyl (C=O) groups is 1. The fourth-order valence-electron chi connectivity index (χ4n) is 3.11. The third-order valence-electron chi connectivity index (χ3n) is 4.49. The van der Waals surface area contributed by atoms with Crippen molar-refractivity contribution in [2.45, 2.75) is 6.42 Å². The number of benzene rings is 2. The molecule has 0 spiro atoms. The SMILES string of the molecule is COc1cc(Oc2ccnc3ccc(F)cc23)ccc1CC(=O)Nc1cnn(C)c1. The topological polar surface area (TPSA) is 78.3 Å². The summed E-state index contributed by atoms with van der Waals surface area (Å²) in [4.78, 5) is 16.6. The number of hydrogen-bond donors (Lipinski definition) is 1. The van der Waals surface area contributed by atoms with Crippen molar-refractivity contribution in [3.05, 3.63) is 72.4 Å². The number of carbonyl (C=O) groups excluding carboxylic acids is 1. The van der Waals surface area contributed by atoms with Gasteiger partial charge in [0, 0.05) is 36.5 Å². The minimum Gasteiger partial charge on any atom is -0.496 e. The predicted molar refractivity (Wildman–Crippen MR) is 110 cm³/mol. The Bertz CT molecular complexity index is 1220. The Morgan fingerprint density at radius 1 is 1.17 bits per heavy atom. The van der Waals surface area contributed by atoms with E-state index in [9.17, 15) is 9.18 Å². The maximum atomic E-state index is 13.7. The number of amides is 1. The lowest BCUT2D eigenvalue weighted by Crippen LogP contribution is -2.14. The normalized spacial score (nSPS) is 10.8. The number of rotatable bonds is 6. The van der Waals surface area contributed by atoms with Crippen LogP contribution in [0.5, 0.6) is 17.2 Å². The number of anilines is 1. The predicted octanol–water partition coefficient (Wildman–Crippen LogP) is 4.09. The van der Waals surface area contributed by atoms with E-state index in [2.05, 4.69) is 15.4 Å². The Labute approximate surface area is 172 Å². The van der Waals surface area contributed by atoms with Crippen molar-refractivity contribution in [2.75, 3.05) is 12.4 Å². The Morgan fingerprint density at radius 2 is 2.03 bits per heavy atom. The largest absolute Gasteiger partial charge is 0.496 e. The molecule has 4 aromatic rings. The fourth-order valence-corrected chi connectivity index (χ4v) is 3.11. The number of methoxy groups -OCH3 is 1. The lowest BCUT2D eigenvalue weighted by Gasteiger charge is -2.13. The summed E-state index contributed by atoms with van der Waals surface area (Å²) in [6, 6.07) is 11.2. The van der Waals surface area contributed by atoms with Gasteiger partial charge in [-0.3, -0.25) is 14.5 Å². The van der Waals surface area contributed by atoms with E-state index in [1.54, 1.807) is 60.7 Å². The van der Waals surface area contributed by atoms with Crippen molar-refractivity contribution in [3.8, 4) is 17.2 Å². The Hall–Kier alpha value is -3.94. The second kappa shape index (κ2) is 8.20. The first-order valence-electron chi connectivity index (χ1n) is 9.19. The smallest absolute Gasteiger partial charge is 0.229 e. The van der Waals surface area contributed by atoms with E-state index in [1.807, 2.05) is 0 Å². The van der Waals surface area contributed by atoms with Gasteiger partial charge in [0.2, 0.25) is 5.91 Å². The number of nitrogens with one attached hydrogen (secondary N) is 1. The molecule has 152 valence electrons. The van der Waals surface area contributed by atoms with E-state index in [1.165, 1.54) is 19.2 Å². The highest BCUT2D eigenvalue weighted by molar-refractivity contribution is 5.92. The highest BCUT2D eigenvalue weighted by Crippen LogP contribution is 2.32. The summed E-state index contributed by atoms with van der Waals surface area (Å²) < 4.78 is 26.7. The van der Waals surface area contributed by atoms with Gasteiger partial charge in [-0.05, 0) is 30.3 Å². The molecule has 8 heteroatoms. The molecule has 0 saturated heterocycles. The zero-order chi connectivity index (χ0) is 21.1. The van der Waals surface area contributed by atoms with Crippen LogP contribution in [-0.4, -0.2) is 27.8 Å². The molecule has 0 aliphatic heterocycles. The number of hydrogen-bond acceptors (Lipinski definition) is 5. The van der Waals surface area contributed by atoms with E-state index < -0.39 is 0 Å². The van der Waals surface area contributed by atoms with Crippen LogP contribution in [-0.2, 0) is 18.3 Å². The number of fused-ring (bicyclic) bond motifs is 1. The molecule has 2 aromatic heterocycles. The van der Waals surface area contributed by atoms with Crippen LogP contribution in [0.4, 0.5) is 10.1 Å². The molecule has 0 atom stereocenters. The van der Waals surface area contributed by atoms with Crippen molar-refractivity contribution in [3.63, 3.8) is 0 Å².